The van der Waals surface area contributed by atoms with E-state index in [0.29, 0.717) is 0 Å². The van der Waals surface area contributed by atoms with E-state index < -0.39 is 18.1 Å². The van der Waals surface area contributed by atoms with Crippen LogP contribution in [-0.2, 0) is 4.74 Å². The van der Waals surface area contributed by atoms with Crippen LogP contribution in [0.15, 0.2) is 0 Å². The topological polar surface area (TPSA) is 41.6 Å². The minimum Gasteiger partial charge on any atom is -0.438 e. The lowest BCUT2D eigenvalue weighted by Crippen LogP contribution is -2.40. The molecule has 0 aromatic heterocycles. The van der Waals surface area contributed by atoms with E-state index in [0.717, 1.165) is 0 Å². The summed E-state index contributed by atoms with van der Waals surface area (Å²) in [5, 5.41) is 2.41. The molecule has 0 spiro atoms. The van der Waals surface area contributed by atoms with Gasteiger partial charge in [-0.15, -0.1) is 0 Å². The number of rotatable bonds is 2. The number of alkyl halides is 2. The van der Waals surface area contributed by atoms with Crippen molar-refractivity contribution in [2.75, 3.05) is 20.1 Å². The van der Waals surface area contributed by atoms with E-state index in [2.05, 4.69) is 10.1 Å². The molecule has 1 heterocycles. The van der Waals surface area contributed by atoms with Crippen molar-refractivity contribution in [2.24, 2.45) is 0 Å². The lowest BCUT2D eigenvalue weighted by molar-refractivity contribution is -0.0778. The first-order valence-electron chi connectivity index (χ1n) is 4.85. The Morgan fingerprint density at radius 1 is 1.60 bits per heavy atom. The van der Waals surface area contributed by atoms with Crippen LogP contribution in [0.5, 0.6) is 0 Å². The highest BCUT2D eigenvalue weighted by atomic mass is 19.3. The van der Waals surface area contributed by atoms with Gasteiger partial charge in [-0.05, 0) is 20.9 Å². The summed E-state index contributed by atoms with van der Waals surface area (Å²) in [5.41, 5.74) is 0. The van der Waals surface area contributed by atoms with Gasteiger partial charge < -0.3 is 10.1 Å². The van der Waals surface area contributed by atoms with E-state index in [-0.39, 0.29) is 19.1 Å². The maximum Gasteiger partial charge on any atom is 0.407 e. The number of halogens is 2. The molecule has 0 radical (unpaired) electrons. The van der Waals surface area contributed by atoms with E-state index in [1.807, 2.05) is 0 Å². The molecule has 0 unspecified atom stereocenters. The summed E-state index contributed by atoms with van der Waals surface area (Å²) in [6.07, 6.45) is -2.13. The van der Waals surface area contributed by atoms with Crippen LogP contribution in [0.3, 0.4) is 0 Å². The molecule has 1 aliphatic rings. The summed E-state index contributed by atoms with van der Waals surface area (Å²) < 4.78 is 31.1. The summed E-state index contributed by atoms with van der Waals surface area (Å²) >= 11 is 0. The molecule has 0 aromatic rings. The van der Waals surface area contributed by atoms with E-state index in [1.165, 1.54) is 4.90 Å². The quantitative estimate of drug-likeness (QED) is 0.760. The van der Waals surface area contributed by atoms with Crippen molar-refractivity contribution in [1.29, 1.82) is 0 Å². The van der Waals surface area contributed by atoms with Crippen LogP contribution in [0.25, 0.3) is 0 Å². The maximum absolute atomic E-state index is 13.2. The van der Waals surface area contributed by atoms with E-state index in [4.69, 9.17) is 0 Å². The Morgan fingerprint density at radius 2 is 2.20 bits per heavy atom. The van der Waals surface area contributed by atoms with Crippen LogP contribution in [0.1, 0.15) is 13.8 Å². The third kappa shape index (κ3) is 3.30. The monoisotopic (exact) mass is 222 g/mol. The molecular formula is C9H16F2N2O2. The molecule has 0 aliphatic carbocycles. The maximum atomic E-state index is 13.2. The highest BCUT2D eigenvalue weighted by Crippen LogP contribution is 2.28. The predicted molar refractivity (Wildman–Crippen MR) is 51.0 cm³/mol. The van der Waals surface area contributed by atoms with Crippen molar-refractivity contribution in [3.63, 3.8) is 0 Å². The molecule has 0 aromatic carbocycles. The van der Waals surface area contributed by atoms with Crippen LogP contribution < -0.4 is 5.32 Å². The summed E-state index contributed by atoms with van der Waals surface area (Å²) in [6.45, 7) is 3.17. The fraction of sp³-hybridized carbons (Fsp3) is 0.889. The predicted octanol–water partition coefficient (Wildman–Crippen LogP) is 1.07. The lowest BCUT2D eigenvalue weighted by Gasteiger charge is -2.19. The average molecular weight is 222 g/mol. The summed E-state index contributed by atoms with van der Waals surface area (Å²) in [7, 11) is 1.57. The van der Waals surface area contributed by atoms with Crippen LogP contribution in [0.2, 0.25) is 0 Å². The second-order valence-corrected chi connectivity index (χ2v) is 4.15. The van der Waals surface area contributed by atoms with E-state index >= 15 is 0 Å². The normalized spacial score (nSPS) is 25.6. The molecule has 1 aliphatic heterocycles. The first-order valence-corrected chi connectivity index (χ1v) is 4.85. The molecule has 6 heteroatoms. The van der Waals surface area contributed by atoms with E-state index in [1.54, 1.807) is 20.9 Å². The minimum atomic E-state index is -2.96. The molecule has 1 N–H and O–H groups in total. The first kappa shape index (κ1) is 12.2. The number of alkyl carbamates (subject to hydrolysis) is 1. The molecule has 4 nitrogen and oxygen atoms in total. The van der Waals surface area contributed by atoms with Gasteiger partial charge in [-0.3, -0.25) is 4.90 Å². The van der Waals surface area contributed by atoms with Crippen molar-refractivity contribution < 1.29 is 18.3 Å². The summed E-state index contributed by atoms with van der Waals surface area (Å²) in [5.74, 6) is -2.96. The molecule has 88 valence electrons. The number of likely N-dealkylation sites (N-methyl/N-ethyl adjacent to an activating group) is 1. The Labute approximate surface area is 87.6 Å². The minimum absolute atomic E-state index is 0.0680. The zero-order valence-corrected chi connectivity index (χ0v) is 9.09. The molecule has 1 saturated heterocycles. The highest BCUT2D eigenvalue weighted by molar-refractivity contribution is 5.67. The van der Waals surface area contributed by atoms with Crippen molar-refractivity contribution in [2.45, 2.75) is 31.9 Å². The van der Waals surface area contributed by atoms with Crippen LogP contribution >= 0.6 is 0 Å². The molecule has 0 bridgehead atoms. The smallest absolute Gasteiger partial charge is 0.407 e. The van der Waals surface area contributed by atoms with Gasteiger partial charge in [0, 0.05) is 12.6 Å². The van der Waals surface area contributed by atoms with Gasteiger partial charge in [0.2, 0.25) is 0 Å². The molecule has 1 rings (SSSR count). The Balaban J connectivity index is 2.48. The summed E-state index contributed by atoms with van der Waals surface area (Å²) in [4.78, 5) is 12.6. The second-order valence-electron chi connectivity index (χ2n) is 4.15. The van der Waals surface area contributed by atoms with Crippen molar-refractivity contribution in [3.8, 4) is 0 Å². The number of likely N-dealkylation sites (tertiary alicyclic amines) is 1. The third-order valence-corrected chi connectivity index (χ3v) is 2.09. The number of nitrogens with one attached hydrogen (secondary N) is 1. The second kappa shape index (κ2) is 4.30. The highest BCUT2D eigenvalue weighted by Gasteiger charge is 2.49. The van der Waals surface area contributed by atoms with Gasteiger partial charge in [-0.25, -0.2) is 13.6 Å². The molecule has 15 heavy (non-hydrogen) atoms. The molecule has 0 saturated carbocycles. The number of nitrogens with zero attached hydrogens (tertiary/aromatic N) is 1. The zero-order valence-electron chi connectivity index (χ0n) is 9.09. The van der Waals surface area contributed by atoms with Gasteiger partial charge in [-0.1, -0.05) is 0 Å². The number of amides is 1. The summed E-state index contributed by atoms with van der Waals surface area (Å²) in [6, 6.07) is -0.120. The van der Waals surface area contributed by atoms with E-state index in [9.17, 15) is 13.6 Å². The number of hydrogen-bond donors (Lipinski definition) is 1. The molecular weight excluding hydrogens is 206 g/mol. The van der Waals surface area contributed by atoms with Crippen molar-refractivity contribution >= 4 is 6.09 Å². The molecule has 1 amide bonds. The molecule has 1 atom stereocenters. The lowest BCUT2D eigenvalue weighted by atomic mass is 10.2. The Morgan fingerprint density at radius 3 is 2.60 bits per heavy atom. The van der Waals surface area contributed by atoms with Crippen LogP contribution in [0, 0.1) is 0 Å². The third-order valence-electron chi connectivity index (χ3n) is 2.09. The standard InChI is InChI=1S/C9H16F2N2O2/c1-6(2)12-8(14)15-7-4-13(3)5-9(7,10)11/h6-7H,4-5H2,1-3H3,(H,12,14)/t7-/m0/s1. The Hall–Kier alpha value is -0.910. The van der Waals surface area contributed by atoms with Gasteiger partial charge in [0.05, 0.1) is 6.54 Å². The fourth-order valence-corrected chi connectivity index (χ4v) is 1.47. The number of carbonyl (C=O) groups excluding carboxylic acids is 1. The SMILES string of the molecule is CC(C)NC(=O)O[C@H]1CN(C)CC1(F)F. The van der Waals surface area contributed by atoms with Crippen molar-refractivity contribution in [3.05, 3.63) is 0 Å². The van der Waals surface area contributed by atoms with Crippen LogP contribution in [-0.4, -0.2) is 49.2 Å². The van der Waals surface area contributed by atoms with Crippen LogP contribution in [0.4, 0.5) is 13.6 Å². The van der Waals surface area contributed by atoms with Gasteiger partial charge in [-0.2, -0.15) is 0 Å². The average Bonchev–Trinajstić information content (AvgIpc) is 2.22. The zero-order chi connectivity index (χ0) is 11.6. The van der Waals surface area contributed by atoms with Gasteiger partial charge in [0.1, 0.15) is 0 Å². The fourth-order valence-electron chi connectivity index (χ4n) is 1.47. The molecule has 1 fully saturated rings. The Bertz CT molecular complexity index is 246. The first-order chi connectivity index (χ1) is 6.81. The van der Waals surface area contributed by atoms with Gasteiger partial charge in [0.25, 0.3) is 5.92 Å². The number of carbonyl (C=O) groups is 1. The Kier molecular flexibility index (Phi) is 3.49. The number of hydrogen-bond acceptors (Lipinski definition) is 3. The van der Waals surface area contributed by atoms with Gasteiger partial charge >= 0.3 is 6.09 Å². The number of ether oxygens (including phenoxy) is 1. The van der Waals surface area contributed by atoms with Crippen molar-refractivity contribution in [1.82, 2.24) is 10.2 Å². The largest absolute Gasteiger partial charge is 0.438 e. The van der Waals surface area contributed by atoms with Gasteiger partial charge in [0.15, 0.2) is 6.10 Å².